The molecule has 114 valence electrons. The number of anilines is 1. The van der Waals surface area contributed by atoms with Gasteiger partial charge in [-0.15, -0.1) is 0 Å². The van der Waals surface area contributed by atoms with Crippen molar-refractivity contribution in [2.45, 2.75) is 56.3 Å². The van der Waals surface area contributed by atoms with E-state index in [2.05, 4.69) is 47.4 Å². The average molecular weight is 323 g/mol. The lowest BCUT2D eigenvalue weighted by molar-refractivity contribution is 0.748. The topological polar surface area (TPSA) is 63.6 Å². The lowest BCUT2D eigenvalue weighted by Crippen LogP contribution is -2.08. The van der Waals surface area contributed by atoms with Crippen molar-refractivity contribution in [2.75, 3.05) is 11.9 Å². The predicted molar refractivity (Wildman–Crippen MR) is 88.4 cm³/mol. The van der Waals surface area contributed by atoms with Gasteiger partial charge in [-0.05, 0) is 37.1 Å². The van der Waals surface area contributed by atoms with Crippen molar-refractivity contribution in [1.82, 2.24) is 19.3 Å². The van der Waals surface area contributed by atoms with Gasteiger partial charge in [0.15, 0.2) is 4.34 Å². The zero-order valence-electron chi connectivity index (χ0n) is 13.1. The summed E-state index contributed by atoms with van der Waals surface area (Å²) in [5, 5.41) is 4.28. The van der Waals surface area contributed by atoms with Crippen molar-refractivity contribution in [1.29, 1.82) is 0 Å². The largest absolute Gasteiger partial charge is 0.370 e. The summed E-state index contributed by atoms with van der Waals surface area (Å²) < 4.78 is 5.26. The van der Waals surface area contributed by atoms with Crippen LogP contribution in [0, 0.1) is 6.92 Å². The maximum atomic E-state index is 4.70. The molecule has 2 aromatic heterocycles. The Morgan fingerprint density at radius 2 is 1.95 bits per heavy atom. The molecule has 0 aromatic carbocycles. The second-order valence-electron chi connectivity index (χ2n) is 4.98. The highest BCUT2D eigenvalue weighted by molar-refractivity contribution is 8.00. The van der Waals surface area contributed by atoms with E-state index in [1.54, 1.807) is 11.8 Å². The Bertz CT molecular complexity index is 609. The van der Waals surface area contributed by atoms with Gasteiger partial charge in [0.25, 0.3) is 0 Å². The number of hydrogen-bond acceptors (Lipinski definition) is 7. The lowest BCUT2D eigenvalue weighted by atomic mass is 10.2. The summed E-state index contributed by atoms with van der Waals surface area (Å²) in [5.74, 6) is 2.96. The number of nitrogens with zero attached hydrogens (tertiary/aromatic N) is 4. The van der Waals surface area contributed by atoms with Gasteiger partial charge in [0.2, 0.25) is 0 Å². The molecule has 0 atom stereocenters. The standard InChI is InChI=1S/C14H21N5S2/c1-6-10-16-14(21-19-10)20-13-9(5)12(15-7-2)17-11(18-13)8(3)4/h8H,6-7H2,1-5H3,(H,15,17,18). The van der Waals surface area contributed by atoms with Crippen LogP contribution in [0.3, 0.4) is 0 Å². The van der Waals surface area contributed by atoms with E-state index in [1.807, 2.05) is 6.92 Å². The molecule has 0 saturated carbocycles. The summed E-state index contributed by atoms with van der Waals surface area (Å²) in [6.45, 7) is 11.2. The highest BCUT2D eigenvalue weighted by Crippen LogP contribution is 2.33. The molecule has 0 spiro atoms. The zero-order chi connectivity index (χ0) is 15.4. The summed E-state index contributed by atoms with van der Waals surface area (Å²) in [6, 6.07) is 0. The summed E-state index contributed by atoms with van der Waals surface area (Å²) >= 11 is 3.01. The minimum absolute atomic E-state index is 0.294. The molecule has 0 aliphatic heterocycles. The molecule has 0 saturated heterocycles. The van der Waals surface area contributed by atoms with Gasteiger partial charge in [0.1, 0.15) is 22.5 Å². The molecule has 7 heteroatoms. The Kier molecular flexibility index (Phi) is 5.52. The van der Waals surface area contributed by atoms with Crippen molar-refractivity contribution in [3.63, 3.8) is 0 Å². The molecule has 0 bridgehead atoms. The van der Waals surface area contributed by atoms with E-state index in [4.69, 9.17) is 4.98 Å². The van der Waals surface area contributed by atoms with Gasteiger partial charge < -0.3 is 5.32 Å². The second-order valence-corrected chi connectivity index (χ2v) is 6.97. The molecule has 0 unspecified atom stereocenters. The van der Waals surface area contributed by atoms with Crippen LogP contribution in [-0.2, 0) is 6.42 Å². The quantitative estimate of drug-likeness (QED) is 0.813. The molecule has 21 heavy (non-hydrogen) atoms. The van der Waals surface area contributed by atoms with E-state index in [-0.39, 0.29) is 0 Å². The monoisotopic (exact) mass is 323 g/mol. The van der Waals surface area contributed by atoms with Crippen LogP contribution >= 0.6 is 23.3 Å². The van der Waals surface area contributed by atoms with Crippen molar-refractivity contribution in [3.05, 3.63) is 17.2 Å². The Morgan fingerprint density at radius 3 is 2.52 bits per heavy atom. The molecule has 0 radical (unpaired) electrons. The van der Waals surface area contributed by atoms with Gasteiger partial charge in [-0.1, -0.05) is 20.8 Å². The van der Waals surface area contributed by atoms with Crippen LogP contribution in [0.1, 0.15) is 50.8 Å². The molecule has 0 fully saturated rings. The maximum absolute atomic E-state index is 4.70. The van der Waals surface area contributed by atoms with E-state index in [9.17, 15) is 0 Å². The smallest absolute Gasteiger partial charge is 0.176 e. The molecule has 5 nitrogen and oxygen atoms in total. The molecule has 0 amide bonds. The average Bonchev–Trinajstić information content (AvgIpc) is 2.90. The van der Waals surface area contributed by atoms with Crippen molar-refractivity contribution in [2.24, 2.45) is 0 Å². The van der Waals surface area contributed by atoms with Crippen LogP contribution in [0.2, 0.25) is 0 Å². The SMILES string of the molecule is CCNc1nc(C(C)C)nc(Sc2nc(CC)ns2)c1C. The number of hydrogen-bond donors (Lipinski definition) is 1. The second kappa shape index (κ2) is 7.17. The van der Waals surface area contributed by atoms with Gasteiger partial charge in [-0.25, -0.2) is 15.0 Å². The Morgan fingerprint density at radius 1 is 1.19 bits per heavy atom. The molecule has 2 heterocycles. The fourth-order valence-corrected chi connectivity index (χ4v) is 3.42. The minimum Gasteiger partial charge on any atom is -0.370 e. The van der Waals surface area contributed by atoms with Crippen LogP contribution in [0.15, 0.2) is 9.37 Å². The Labute approximate surface area is 134 Å². The number of aromatic nitrogens is 4. The Hall–Kier alpha value is -1.21. The highest BCUT2D eigenvalue weighted by atomic mass is 32.2. The molecule has 1 N–H and O–H groups in total. The molecular weight excluding hydrogens is 302 g/mol. The molecule has 0 aliphatic rings. The van der Waals surface area contributed by atoms with Crippen molar-refractivity contribution < 1.29 is 0 Å². The fraction of sp³-hybridized carbons (Fsp3) is 0.571. The summed E-state index contributed by atoms with van der Waals surface area (Å²) in [7, 11) is 0. The normalized spacial score (nSPS) is 11.1. The van der Waals surface area contributed by atoms with Gasteiger partial charge in [0, 0.05) is 24.4 Å². The lowest BCUT2D eigenvalue weighted by Gasteiger charge is -2.13. The first-order valence-corrected chi connectivity index (χ1v) is 8.76. The van der Waals surface area contributed by atoms with Crippen LogP contribution in [0.5, 0.6) is 0 Å². The van der Waals surface area contributed by atoms with Crippen LogP contribution in [-0.4, -0.2) is 25.9 Å². The summed E-state index contributed by atoms with van der Waals surface area (Å²) in [5.41, 5.74) is 1.07. The fourth-order valence-electron chi connectivity index (χ4n) is 1.72. The van der Waals surface area contributed by atoms with E-state index < -0.39 is 0 Å². The Balaban J connectivity index is 2.36. The van der Waals surface area contributed by atoms with Gasteiger partial charge in [-0.2, -0.15) is 4.37 Å². The van der Waals surface area contributed by atoms with Crippen molar-refractivity contribution in [3.8, 4) is 0 Å². The molecular formula is C14H21N5S2. The molecule has 2 aromatic rings. The summed E-state index contributed by atoms with van der Waals surface area (Å²) in [4.78, 5) is 13.8. The first kappa shape index (κ1) is 16.2. The van der Waals surface area contributed by atoms with Crippen LogP contribution in [0.25, 0.3) is 0 Å². The predicted octanol–water partition coefficient (Wildman–Crippen LogP) is 3.91. The zero-order valence-corrected chi connectivity index (χ0v) is 14.7. The van der Waals surface area contributed by atoms with Gasteiger partial charge >= 0.3 is 0 Å². The van der Waals surface area contributed by atoms with Crippen LogP contribution in [0.4, 0.5) is 5.82 Å². The molecule has 0 aliphatic carbocycles. The first-order valence-electron chi connectivity index (χ1n) is 7.17. The highest BCUT2D eigenvalue weighted by Gasteiger charge is 2.15. The number of rotatable bonds is 6. The van der Waals surface area contributed by atoms with Crippen molar-refractivity contribution >= 4 is 29.1 Å². The number of nitrogens with one attached hydrogen (secondary N) is 1. The third kappa shape index (κ3) is 3.91. The third-order valence-electron chi connectivity index (χ3n) is 2.93. The van der Waals surface area contributed by atoms with E-state index in [1.165, 1.54) is 11.5 Å². The van der Waals surface area contributed by atoms with Gasteiger partial charge in [-0.3, -0.25) is 0 Å². The van der Waals surface area contributed by atoms with E-state index in [0.717, 1.165) is 45.4 Å². The van der Waals surface area contributed by atoms with Crippen LogP contribution < -0.4 is 5.32 Å². The van der Waals surface area contributed by atoms with E-state index >= 15 is 0 Å². The first-order chi connectivity index (χ1) is 10.0. The summed E-state index contributed by atoms with van der Waals surface area (Å²) in [6.07, 6.45) is 0.861. The molecule has 2 rings (SSSR count). The maximum Gasteiger partial charge on any atom is 0.176 e. The van der Waals surface area contributed by atoms with Gasteiger partial charge in [0.05, 0.1) is 0 Å². The number of aryl methyl sites for hydroxylation is 1. The van der Waals surface area contributed by atoms with E-state index in [0.29, 0.717) is 5.92 Å². The third-order valence-corrected chi connectivity index (χ3v) is 4.81. The minimum atomic E-state index is 0.294.